The first-order valence-electron chi connectivity index (χ1n) is 6.55. The van der Waals surface area contributed by atoms with E-state index in [2.05, 4.69) is 54.4 Å². The molecule has 2 aromatic carbocycles. The van der Waals surface area contributed by atoms with Gasteiger partial charge in [0.2, 0.25) is 0 Å². The van der Waals surface area contributed by atoms with E-state index in [9.17, 15) is 8.42 Å². The van der Waals surface area contributed by atoms with E-state index < -0.39 is 10.1 Å². The summed E-state index contributed by atoms with van der Waals surface area (Å²) >= 11 is 0. The number of hydrogen-bond acceptors (Lipinski definition) is 3. The van der Waals surface area contributed by atoms with Crippen molar-refractivity contribution in [1.82, 2.24) is 0 Å². The van der Waals surface area contributed by atoms with E-state index in [-0.39, 0.29) is 0 Å². The van der Waals surface area contributed by atoms with Gasteiger partial charge in [-0.2, -0.15) is 8.42 Å². The standard InChI is InChI=1S/C12H12.C2H6O3S.C2H6/c1-9-7-8-10(2)12-6-4-3-5-11(9)12;1-5-6(2,3)4;1-2/h3-8H,1-2H3;1-2H3;1-2H3. The number of rotatable bonds is 1. The molecule has 0 fully saturated rings. The highest BCUT2D eigenvalue weighted by molar-refractivity contribution is 7.85. The predicted octanol–water partition coefficient (Wildman–Crippen LogP) is 4.08. The molecule has 0 aromatic heterocycles. The minimum absolute atomic E-state index is 0.993. The maximum Gasteiger partial charge on any atom is 0.264 e. The summed E-state index contributed by atoms with van der Waals surface area (Å²) in [5.41, 5.74) is 2.72. The summed E-state index contributed by atoms with van der Waals surface area (Å²) in [6.07, 6.45) is 0.993. The summed E-state index contributed by atoms with van der Waals surface area (Å²) in [5, 5.41) is 2.75. The molecular weight excluding hydrogens is 272 g/mol. The van der Waals surface area contributed by atoms with E-state index in [1.54, 1.807) is 0 Å². The first-order valence-corrected chi connectivity index (χ1v) is 8.37. The molecule has 0 N–H and O–H groups in total. The first-order chi connectivity index (χ1) is 9.35. The molecule has 0 aliphatic heterocycles. The molecule has 0 saturated heterocycles. The fourth-order valence-corrected chi connectivity index (χ4v) is 1.60. The van der Waals surface area contributed by atoms with Gasteiger partial charge in [0.25, 0.3) is 10.1 Å². The SMILES string of the molecule is CC.COS(C)(=O)=O.Cc1ccc(C)c2ccccc12. The van der Waals surface area contributed by atoms with Crippen molar-refractivity contribution >= 4 is 20.9 Å². The zero-order valence-electron chi connectivity index (χ0n) is 13.1. The van der Waals surface area contributed by atoms with E-state index in [4.69, 9.17) is 0 Å². The summed E-state index contributed by atoms with van der Waals surface area (Å²) in [7, 11) is -2.04. The fraction of sp³-hybridized carbons (Fsp3) is 0.375. The highest BCUT2D eigenvalue weighted by Crippen LogP contribution is 2.20. The van der Waals surface area contributed by atoms with Gasteiger partial charge in [0.05, 0.1) is 13.4 Å². The maximum atomic E-state index is 9.78. The van der Waals surface area contributed by atoms with E-state index in [1.165, 1.54) is 21.9 Å². The predicted molar refractivity (Wildman–Crippen MR) is 86.6 cm³/mol. The minimum Gasteiger partial charge on any atom is -0.274 e. The van der Waals surface area contributed by atoms with Gasteiger partial charge in [-0.05, 0) is 35.7 Å². The van der Waals surface area contributed by atoms with Crippen LogP contribution in [0.25, 0.3) is 10.8 Å². The van der Waals surface area contributed by atoms with Crippen LogP contribution in [0, 0.1) is 13.8 Å². The average Bonchev–Trinajstić information content (AvgIpc) is 2.45. The van der Waals surface area contributed by atoms with Gasteiger partial charge in [0.1, 0.15) is 0 Å². The summed E-state index contributed by atoms with van der Waals surface area (Å²) in [6.45, 7) is 8.31. The van der Waals surface area contributed by atoms with E-state index in [0.717, 1.165) is 13.4 Å². The van der Waals surface area contributed by atoms with Crippen LogP contribution in [0.15, 0.2) is 36.4 Å². The molecule has 0 unspecified atom stereocenters. The number of benzene rings is 2. The molecule has 0 spiro atoms. The summed E-state index contributed by atoms with van der Waals surface area (Å²) in [4.78, 5) is 0. The Hall–Kier alpha value is -1.39. The quantitative estimate of drug-likeness (QED) is 0.745. The molecule has 0 aliphatic carbocycles. The Morgan fingerprint density at radius 3 is 1.40 bits per heavy atom. The van der Waals surface area contributed by atoms with Crippen molar-refractivity contribution < 1.29 is 12.6 Å². The van der Waals surface area contributed by atoms with Crippen molar-refractivity contribution in [2.75, 3.05) is 13.4 Å². The second-order valence-electron chi connectivity index (χ2n) is 4.12. The third kappa shape index (κ3) is 6.17. The van der Waals surface area contributed by atoms with E-state index in [1.807, 2.05) is 13.8 Å². The van der Waals surface area contributed by atoms with Gasteiger partial charge in [-0.15, -0.1) is 0 Å². The van der Waals surface area contributed by atoms with Gasteiger partial charge in [-0.25, -0.2) is 0 Å². The third-order valence-electron chi connectivity index (χ3n) is 2.66. The second-order valence-corrected chi connectivity index (χ2v) is 5.86. The van der Waals surface area contributed by atoms with Gasteiger partial charge in [0, 0.05) is 0 Å². The molecule has 0 saturated carbocycles. The lowest BCUT2D eigenvalue weighted by molar-refractivity contribution is 0.403. The topological polar surface area (TPSA) is 43.4 Å². The van der Waals surface area contributed by atoms with Crippen molar-refractivity contribution in [3.8, 4) is 0 Å². The van der Waals surface area contributed by atoms with E-state index in [0.29, 0.717) is 0 Å². The molecule has 0 amide bonds. The lowest BCUT2D eigenvalue weighted by Gasteiger charge is -2.03. The molecular formula is C16H24O3S. The highest BCUT2D eigenvalue weighted by atomic mass is 32.2. The van der Waals surface area contributed by atoms with Gasteiger partial charge < -0.3 is 0 Å². The molecule has 0 atom stereocenters. The molecule has 0 bridgehead atoms. The molecule has 112 valence electrons. The molecule has 2 aromatic rings. The number of aryl methyl sites for hydroxylation is 2. The molecule has 20 heavy (non-hydrogen) atoms. The number of hydrogen-bond donors (Lipinski definition) is 0. The van der Waals surface area contributed by atoms with Crippen LogP contribution in [-0.2, 0) is 14.3 Å². The molecule has 3 nitrogen and oxygen atoms in total. The summed E-state index contributed by atoms with van der Waals surface area (Å²) < 4.78 is 23.5. The number of fused-ring (bicyclic) bond motifs is 1. The Balaban J connectivity index is 0.000000387. The van der Waals surface area contributed by atoms with Crippen molar-refractivity contribution in [1.29, 1.82) is 0 Å². The lowest BCUT2D eigenvalue weighted by Crippen LogP contribution is -1.95. The largest absolute Gasteiger partial charge is 0.274 e. The molecule has 0 heterocycles. The van der Waals surface area contributed by atoms with Crippen LogP contribution >= 0.6 is 0 Å². The van der Waals surface area contributed by atoms with Crippen LogP contribution < -0.4 is 0 Å². The Kier molecular flexibility index (Phi) is 8.11. The Bertz CT molecular complexity index is 591. The average molecular weight is 296 g/mol. The fourth-order valence-electron chi connectivity index (χ4n) is 1.60. The van der Waals surface area contributed by atoms with Crippen LogP contribution in [-0.4, -0.2) is 21.8 Å². The second kappa shape index (κ2) is 8.72. The van der Waals surface area contributed by atoms with Gasteiger partial charge in [-0.1, -0.05) is 50.2 Å². The highest BCUT2D eigenvalue weighted by Gasteiger charge is 1.97. The van der Waals surface area contributed by atoms with Gasteiger partial charge >= 0.3 is 0 Å². The molecule has 0 aliphatic rings. The van der Waals surface area contributed by atoms with Crippen LogP contribution in [0.5, 0.6) is 0 Å². The summed E-state index contributed by atoms with van der Waals surface area (Å²) in [6, 6.07) is 12.9. The van der Waals surface area contributed by atoms with E-state index >= 15 is 0 Å². The van der Waals surface area contributed by atoms with Crippen molar-refractivity contribution in [2.24, 2.45) is 0 Å². The zero-order chi connectivity index (χ0) is 15.8. The maximum absolute atomic E-state index is 9.78. The zero-order valence-corrected chi connectivity index (χ0v) is 13.9. The first kappa shape index (κ1) is 18.6. The molecule has 0 radical (unpaired) electrons. The van der Waals surface area contributed by atoms with Crippen LogP contribution in [0.3, 0.4) is 0 Å². The minimum atomic E-state index is -3.16. The summed E-state index contributed by atoms with van der Waals surface area (Å²) in [5.74, 6) is 0. The lowest BCUT2D eigenvalue weighted by atomic mass is 10.0. The third-order valence-corrected chi connectivity index (χ3v) is 3.27. The molecule has 4 heteroatoms. The Labute approximate surface area is 122 Å². The molecule has 2 rings (SSSR count). The van der Waals surface area contributed by atoms with Crippen molar-refractivity contribution in [3.05, 3.63) is 47.5 Å². The van der Waals surface area contributed by atoms with Crippen LogP contribution in [0.1, 0.15) is 25.0 Å². The van der Waals surface area contributed by atoms with Crippen LogP contribution in [0.2, 0.25) is 0 Å². The smallest absolute Gasteiger partial charge is 0.264 e. The Morgan fingerprint density at radius 2 is 1.15 bits per heavy atom. The van der Waals surface area contributed by atoms with Gasteiger partial charge in [0.15, 0.2) is 0 Å². The van der Waals surface area contributed by atoms with Gasteiger partial charge in [-0.3, -0.25) is 4.18 Å². The van der Waals surface area contributed by atoms with Crippen molar-refractivity contribution in [2.45, 2.75) is 27.7 Å². The Morgan fingerprint density at radius 1 is 0.850 bits per heavy atom. The van der Waals surface area contributed by atoms with Crippen LogP contribution in [0.4, 0.5) is 0 Å². The normalized spacial score (nSPS) is 10.1. The van der Waals surface area contributed by atoms with Crippen molar-refractivity contribution in [3.63, 3.8) is 0 Å². The monoisotopic (exact) mass is 296 g/mol.